The summed E-state index contributed by atoms with van der Waals surface area (Å²) in [4.78, 5) is 35.0. The summed E-state index contributed by atoms with van der Waals surface area (Å²) in [5, 5.41) is 2.99. The number of carbonyl (C=O) groups excluding carboxylic acids is 2. The smallest absolute Gasteiger partial charge is 0.224 e. The van der Waals surface area contributed by atoms with Crippen LogP contribution in [0.1, 0.15) is 29.8 Å². The molecular formula is C20H24N4O2. The number of aryl methyl sites for hydroxylation is 1. The van der Waals surface area contributed by atoms with Gasteiger partial charge in [-0.15, -0.1) is 0 Å². The molecular weight excluding hydrogens is 328 g/mol. The summed E-state index contributed by atoms with van der Waals surface area (Å²) in [6.07, 6.45) is 5.21. The van der Waals surface area contributed by atoms with Crippen molar-refractivity contribution in [2.45, 2.75) is 32.7 Å². The summed E-state index contributed by atoms with van der Waals surface area (Å²) in [6.45, 7) is 3.48. The standard InChI is InChI=1S/C20H24N4O2/c1-15-5-4-11-22-18(15)9-12-23-20(26)16-7-8-19(25)24(13-16)14-17-6-2-3-10-21-17/h2-6,10-11,16H,7-9,12-14H2,1H3,(H,23,26)/t16-/m0/s1. The molecule has 0 saturated carbocycles. The predicted octanol–water partition coefficient (Wildman–Crippen LogP) is 1.88. The first-order valence-corrected chi connectivity index (χ1v) is 8.99. The Morgan fingerprint density at radius 2 is 2.08 bits per heavy atom. The van der Waals surface area contributed by atoms with Gasteiger partial charge in [0.05, 0.1) is 18.2 Å². The van der Waals surface area contributed by atoms with E-state index in [2.05, 4.69) is 15.3 Å². The molecule has 2 aromatic rings. The van der Waals surface area contributed by atoms with Crippen LogP contribution in [0.15, 0.2) is 42.7 Å². The summed E-state index contributed by atoms with van der Waals surface area (Å²) < 4.78 is 0. The molecule has 1 aliphatic heterocycles. The maximum absolute atomic E-state index is 12.5. The minimum absolute atomic E-state index is 0.0112. The lowest BCUT2D eigenvalue weighted by atomic mass is 9.96. The third-order valence-corrected chi connectivity index (χ3v) is 4.73. The van der Waals surface area contributed by atoms with Crippen LogP contribution in [0.2, 0.25) is 0 Å². The highest BCUT2D eigenvalue weighted by Gasteiger charge is 2.30. The van der Waals surface area contributed by atoms with Gasteiger partial charge in [0, 0.05) is 44.0 Å². The molecule has 0 radical (unpaired) electrons. The summed E-state index contributed by atoms with van der Waals surface area (Å²) in [6, 6.07) is 9.58. The quantitative estimate of drug-likeness (QED) is 0.861. The second kappa shape index (κ2) is 8.56. The van der Waals surface area contributed by atoms with Gasteiger partial charge in [-0.1, -0.05) is 12.1 Å². The topological polar surface area (TPSA) is 75.2 Å². The van der Waals surface area contributed by atoms with E-state index in [4.69, 9.17) is 0 Å². The zero-order valence-corrected chi connectivity index (χ0v) is 15.0. The number of pyridine rings is 2. The molecule has 1 fully saturated rings. The van der Waals surface area contributed by atoms with Crippen molar-refractivity contribution in [3.05, 3.63) is 59.7 Å². The summed E-state index contributed by atoms with van der Waals surface area (Å²) >= 11 is 0. The van der Waals surface area contributed by atoms with Crippen molar-refractivity contribution in [3.8, 4) is 0 Å². The Kier molecular flexibility index (Phi) is 5.94. The molecule has 3 heterocycles. The van der Waals surface area contributed by atoms with Crippen molar-refractivity contribution in [2.75, 3.05) is 13.1 Å². The normalized spacial score (nSPS) is 17.2. The van der Waals surface area contributed by atoms with E-state index in [1.807, 2.05) is 37.3 Å². The number of piperidine rings is 1. The van der Waals surface area contributed by atoms with Gasteiger partial charge in [-0.2, -0.15) is 0 Å². The molecule has 1 atom stereocenters. The molecule has 1 aliphatic rings. The molecule has 0 unspecified atom stereocenters. The van der Waals surface area contributed by atoms with Crippen LogP contribution in [-0.2, 0) is 22.6 Å². The molecule has 136 valence electrons. The van der Waals surface area contributed by atoms with Crippen molar-refractivity contribution in [2.24, 2.45) is 5.92 Å². The van der Waals surface area contributed by atoms with Gasteiger partial charge in [0.2, 0.25) is 11.8 Å². The Hall–Kier alpha value is -2.76. The van der Waals surface area contributed by atoms with Crippen LogP contribution >= 0.6 is 0 Å². The second-order valence-electron chi connectivity index (χ2n) is 6.64. The van der Waals surface area contributed by atoms with Gasteiger partial charge in [0.25, 0.3) is 0 Å². The van der Waals surface area contributed by atoms with Crippen molar-refractivity contribution >= 4 is 11.8 Å². The molecule has 26 heavy (non-hydrogen) atoms. The Morgan fingerprint density at radius 1 is 1.23 bits per heavy atom. The second-order valence-corrected chi connectivity index (χ2v) is 6.64. The molecule has 3 rings (SSSR count). The Bertz CT molecular complexity index is 763. The first-order chi connectivity index (χ1) is 12.6. The van der Waals surface area contributed by atoms with Gasteiger partial charge in [-0.05, 0) is 37.1 Å². The minimum atomic E-state index is -0.166. The van der Waals surface area contributed by atoms with Crippen LogP contribution in [0.5, 0.6) is 0 Å². The number of carbonyl (C=O) groups is 2. The van der Waals surface area contributed by atoms with Crippen LogP contribution in [0.4, 0.5) is 0 Å². The Balaban J connectivity index is 1.51. The number of hydrogen-bond donors (Lipinski definition) is 1. The maximum atomic E-state index is 12.5. The van der Waals surface area contributed by atoms with Crippen LogP contribution < -0.4 is 5.32 Å². The zero-order chi connectivity index (χ0) is 18.4. The molecule has 0 bridgehead atoms. The van der Waals surface area contributed by atoms with E-state index < -0.39 is 0 Å². The largest absolute Gasteiger partial charge is 0.355 e. The summed E-state index contributed by atoms with van der Waals surface area (Å²) in [5.41, 5.74) is 2.97. The van der Waals surface area contributed by atoms with E-state index in [9.17, 15) is 9.59 Å². The molecule has 6 nitrogen and oxygen atoms in total. The van der Waals surface area contributed by atoms with E-state index in [1.54, 1.807) is 17.3 Å². The van der Waals surface area contributed by atoms with Gasteiger partial charge >= 0.3 is 0 Å². The predicted molar refractivity (Wildman–Crippen MR) is 98.1 cm³/mol. The number of likely N-dealkylation sites (tertiary alicyclic amines) is 1. The van der Waals surface area contributed by atoms with E-state index in [-0.39, 0.29) is 17.7 Å². The first-order valence-electron chi connectivity index (χ1n) is 8.99. The molecule has 2 amide bonds. The highest BCUT2D eigenvalue weighted by atomic mass is 16.2. The summed E-state index contributed by atoms with van der Waals surface area (Å²) in [7, 11) is 0. The molecule has 1 N–H and O–H groups in total. The van der Waals surface area contributed by atoms with E-state index in [0.29, 0.717) is 38.9 Å². The van der Waals surface area contributed by atoms with Crippen LogP contribution in [-0.4, -0.2) is 39.8 Å². The number of aromatic nitrogens is 2. The zero-order valence-electron chi connectivity index (χ0n) is 15.0. The number of rotatable bonds is 6. The lowest BCUT2D eigenvalue weighted by Gasteiger charge is -2.31. The monoisotopic (exact) mass is 352 g/mol. The number of amides is 2. The highest BCUT2D eigenvalue weighted by molar-refractivity contribution is 5.83. The molecule has 6 heteroatoms. The third-order valence-electron chi connectivity index (χ3n) is 4.73. The molecule has 1 saturated heterocycles. The molecule has 0 spiro atoms. The van der Waals surface area contributed by atoms with Crippen molar-refractivity contribution < 1.29 is 9.59 Å². The average molecular weight is 352 g/mol. The van der Waals surface area contributed by atoms with Gasteiger partial charge < -0.3 is 10.2 Å². The van der Waals surface area contributed by atoms with E-state index in [1.165, 1.54) is 0 Å². The fourth-order valence-electron chi connectivity index (χ4n) is 3.20. The maximum Gasteiger partial charge on any atom is 0.224 e. The summed E-state index contributed by atoms with van der Waals surface area (Å²) in [5.74, 6) is -0.0674. The molecule has 0 aliphatic carbocycles. The lowest BCUT2D eigenvalue weighted by Crippen LogP contribution is -2.45. The SMILES string of the molecule is Cc1cccnc1CCNC(=O)[C@H]1CCC(=O)N(Cc2ccccn2)C1. The number of nitrogens with zero attached hydrogens (tertiary/aromatic N) is 3. The van der Waals surface area contributed by atoms with Crippen LogP contribution in [0.3, 0.4) is 0 Å². The number of hydrogen-bond acceptors (Lipinski definition) is 4. The third kappa shape index (κ3) is 4.65. The van der Waals surface area contributed by atoms with Crippen LogP contribution in [0.25, 0.3) is 0 Å². The van der Waals surface area contributed by atoms with Gasteiger partial charge in [-0.25, -0.2) is 0 Å². The fraction of sp³-hybridized carbons (Fsp3) is 0.400. The first kappa shape index (κ1) is 18.0. The fourth-order valence-corrected chi connectivity index (χ4v) is 3.20. The Labute approximate surface area is 153 Å². The molecule has 2 aromatic heterocycles. The van der Waals surface area contributed by atoms with Gasteiger partial charge in [0.1, 0.15) is 0 Å². The minimum Gasteiger partial charge on any atom is -0.355 e. The van der Waals surface area contributed by atoms with E-state index in [0.717, 1.165) is 17.0 Å². The van der Waals surface area contributed by atoms with Crippen molar-refractivity contribution in [1.82, 2.24) is 20.2 Å². The van der Waals surface area contributed by atoms with Gasteiger partial charge in [0.15, 0.2) is 0 Å². The van der Waals surface area contributed by atoms with E-state index >= 15 is 0 Å². The van der Waals surface area contributed by atoms with Crippen molar-refractivity contribution in [3.63, 3.8) is 0 Å². The number of nitrogens with one attached hydrogen (secondary N) is 1. The average Bonchev–Trinajstić information content (AvgIpc) is 2.66. The molecule has 0 aromatic carbocycles. The lowest BCUT2D eigenvalue weighted by molar-refractivity contribution is -0.138. The van der Waals surface area contributed by atoms with Gasteiger partial charge in [-0.3, -0.25) is 19.6 Å². The highest BCUT2D eigenvalue weighted by Crippen LogP contribution is 2.19. The van der Waals surface area contributed by atoms with Crippen LogP contribution in [0, 0.1) is 12.8 Å². The Morgan fingerprint density at radius 3 is 2.85 bits per heavy atom. The van der Waals surface area contributed by atoms with Crippen molar-refractivity contribution in [1.29, 1.82) is 0 Å².